The molecule has 0 radical (unpaired) electrons. The minimum absolute atomic E-state index is 0.287. The third-order valence-corrected chi connectivity index (χ3v) is 4.76. The predicted molar refractivity (Wildman–Crippen MR) is 91.2 cm³/mol. The predicted octanol–water partition coefficient (Wildman–Crippen LogP) is 3.78. The lowest BCUT2D eigenvalue weighted by Gasteiger charge is -2.30. The highest BCUT2D eigenvalue weighted by molar-refractivity contribution is 6.06. The average molecular weight is 382 g/mol. The molecular weight excluding hydrogens is 364 g/mol. The van der Waals surface area contributed by atoms with Crippen molar-refractivity contribution in [3.8, 4) is 0 Å². The number of hydrogen-bond donors (Lipinski definition) is 1. The van der Waals surface area contributed by atoms with Crippen LogP contribution in [0, 0.1) is 0 Å². The fraction of sp³-hybridized carbons (Fsp3) is 0.368. The number of pyridine rings is 1. The molecule has 1 N–H and O–H groups in total. The van der Waals surface area contributed by atoms with Crippen molar-refractivity contribution in [3.63, 3.8) is 0 Å². The summed E-state index contributed by atoms with van der Waals surface area (Å²) in [4.78, 5) is 18.2. The SMILES string of the molecule is O=C(c1ccncc1)N1CCCCc2cc(C(O)(CF)C(F)(F)F)ccc21. The molecule has 1 amide bonds. The van der Waals surface area contributed by atoms with Crippen LogP contribution in [0.5, 0.6) is 0 Å². The first kappa shape index (κ1) is 19.3. The number of carbonyl (C=O) groups is 1. The van der Waals surface area contributed by atoms with Gasteiger partial charge in [0.15, 0.2) is 0 Å². The summed E-state index contributed by atoms with van der Waals surface area (Å²) in [5, 5.41) is 9.87. The molecule has 2 heterocycles. The molecule has 0 spiro atoms. The Morgan fingerprint density at radius 3 is 2.48 bits per heavy atom. The molecule has 0 fully saturated rings. The topological polar surface area (TPSA) is 53.4 Å². The van der Waals surface area contributed by atoms with Gasteiger partial charge in [-0.2, -0.15) is 13.2 Å². The van der Waals surface area contributed by atoms with Gasteiger partial charge in [0, 0.05) is 30.2 Å². The maximum atomic E-state index is 13.2. The van der Waals surface area contributed by atoms with Crippen molar-refractivity contribution in [1.29, 1.82) is 0 Å². The van der Waals surface area contributed by atoms with Crippen LogP contribution >= 0.6 is 0 Å². The number of carbonyl (C=O) groups excluding carboxylic acids is 1. The van der Waals surface area contributed by atoms with Crippen molar-refractivity contribution in [2.24, 2.45) is 0 Å². The van der Waals surface area contributed by atoms with Crippen LogP contribution in [0.25, 0.3) is 0 Å². The molecule has 4 nitrogen and oxygen atoms in total. The number of halogens is 4. The largest absolute Gasteiger partial charge is 0.424 e. The minimum Gasteiger partial charge on any atom is -0.374 e. The van der Waals surface area contributed by atoms with Gasteiger partial charge in [-0.15, -0.1) is 0 Å². The van der Waals surface area contributed by atoms with Crippen molar-refractivity contribution in [1.82, 2.24) is 4.98 Å². The number of aromatic nitrogens is 1. The maximum Gasteiger partial charge on any atom is 0.424 e. The van der Waals surface area contributed by atoms with Crippen LogP contribution in [-0.4, -0.2) is 35.4 Å². The molecule has 27 heavy (non-hydrogen) atoms. The van der Waals surface area contributed by atoms with E-state index in [-0.39, 0.29) is 5.91 Å². The fourth-order valence-electron chi connectivity index (χ4n) is 3.19. The van der Waals surface area contributed by atoms with Gasteiger partial charge in [-0.25, -0.2) is 4.39 Å². The summed E-state index contributed by atoms with van der Waals surface area (Å²) in [6.45, 7) is -1.56. The van der Waals surface area contributed by atoms with E-state index in [4.69, 9.17) is 0 Å². The van der Waals surface area contributed by atoms with Crippen molar-refractivity contribution in [2.75, 3.05) is 18.1 Å². The number of nitrogens with zero attached hydrogens (tertiary/aromatic N) is 2. The van der Waals surface area contributed by atoms with Crippen LogP contribution < -0.4 is 4.90 Å². The lowest BCUT2D eigenvalue weighted by atomic mass is 9.91. The summed E-state index contributed by atoms with van der Waals surface area (Å²) in [6.07, 6.45) is -0.402. The van der Waals surface area contributed by atoms with Gasteiger partial charge in [0.05, 0.1) is 0 Å². The van der Waals surface area contributed by atoms with Gasteiger partial charge in [-0.1, -0.05) is 12.1 Å². The Morgan fingerprint density at radius 2 is 1.85 bits per heavy atom. The minimum atomic E-state index is -5.15. The Kier molecular flexibility index (Phi) is 5.19. The summed E-state index contributed by atoms with van der Waals surface area (Å²) >= 11 is 0. The van der Waals surface area contributed by atoms with Crippen LogP contribution in [0.3, 0.4) is 0 Å². The number of alkyl halides is 4. The van der Waals surface area contributed by atoms with Gasteiger partial charge >= 0.3 is 6.18 Å². The number of anilines is 1. The second-order valence-corrected chi connectivity index (χ2v) is 6.48. The van der Waals surface area contributed by atoms with Gasteiger partial charge in [0.25, 0.3) is 5.91 Å². The molecule has 1 aliphatic rings. The molecule has 1 aromatic carbocycles. The zero-order valence-corrected chi connectivity index (χ0v) is 14.3. The lowest BCUT2D eigenvalue weighted by molar-refractivity contribution is -0.271. The summed E-state index contributed by atoms with van der Waals surface area (Å²) in [6, 6.07) is 6.66. The Bertz CT molecular complexity index is 826. The summed E-state index contributed by atoms with van der Waals surface area (Å²) in [5.41, 5.74) is -2.76. The van der Waals surface area contributed by atoms with E-state index in [9.17, 15) is 27.5 Å². The molecule has 2 aromatic rings. The average Bonchev–Trinajstić information content (AvgIpc) is 2.88. The van der Waals surface area contributed by atoms with Gasteiger partial charge < -0.3 is 10.0 Å². The van der Waals surface area contributed by atoms with Crippen LogP contribution in [0.2, 0.25) is 0 Å². The highest BCUT2D eigenvalue weighted by Gasteiger charge is 2.55. The van der Waals surface area contributed by atoms with E-state index in [1.165, 1.54) is 23.4 Å². The van der Waals surface area contributed by atoms with Crippen molar-refractivity contribution >= 4 is 11.6 Å². The third-order valence-electron chi connectivity index (χ3n) is 4.76. The summed E-state index contributed by atoms with van der Waals surface area (Å²) < 4.78 is 52.6. The van der Waals surface area contributed by atoms with E-state index in [2.05, 4.69) is 4.98 Å². The van der Waals surface area contributed by atoms with Gasteiger partial charge in [0.1, 0.15) is 6.67 Å². The number of benzene rings is 1. The van der Waals surface area contributed by atoms with Gasteiger partial charge in [-0.3, -0.25) is 9.78 Å². The molecule has 1 aliphatic heterocycles. The number of aryl methyl sites for hydroxylation is 1. The Balaban J connectivity index is 2.03. The van der Waals surface area contributed by atoms with Crippen molar-refractivity contribution in [3.05, 3.63) is 59.4 Å². The molecule has 1 unspecified atom stereocenters. The molecule has 3 rings (SSSR count). The van der Waals surface area contributed by atoms with Gasteiger partial charge in [-0.05, 0) is 48.6 Å². The monoisotopic (exact) mass is 382 g/mol. The van der Waals surface area contributed by atoms with E-state index in [0.717, 1.165) is 12.1 Å². The van der Waals surface area contributed by atoms with Crippen molar-refractivity contribution in [2.45, 2.75) is 31.0 Å². The number of rotatable bonds is 3. The van der Waals surface area contributed by atoms with Crippen molar-refractivity contribution < 1.29 is 27.5 Å². The Morgan fingerprint density at radius 1 is 1.15 bits per heavy atom. The number of hydrogen-bond acceptors (Lipinski definition) is 3. The van der Waals surface area contributed by atoms with Crippen LogP contribution in [0.1, 0.15) is 34.3 Å². The molecule has 0 bridgehead atoms. The number of aliphatic hydroxyl groups is 1. The third kappa shape index (κ3) is 3.53. The zero-order valence-electron chi connectivity index (χ0n) is 14.3. The zero-order chi connectivity index (χ0) is 19.7. The van der Waals surface area contributed by atoms with Crippen LogP contribution in [-0.2, 0) is 12.0 Å². The normalized spacial score (nSPS) is 17.0. The number of amides is 1. The first-order chi connectivity index (χ1) is 12.8. The van der Waals surface area contributed by atoms with Crippen LogP contribution in [0.15, 0.2) is 42.7 Å². The number of fused-ring (bicyclic) bond motifs is 1. The highest BCUT2D eigenvalue weighted by Crippen LogP contribution is 2.41. The van der Waals surface area contributed by atoms with Gasteiger partial charge in [0.2, 0.25) is 5.60 Å². The lowest BCUT2D eigenvalue weighted by Crippen LogP contribution is -2.44. The quantitative estimate of drug-likeness (QED) is 0.822. The molecule has 144 valence electrons. The molecule has 8 heteroatoms. The smallest absolute Gasteiger partial charge is 0.374 e. The Labute approximate surface area is 153 Å². The van der Waals surface area contributed by atoms with E-state index >= 15 is 0 Å². The summed E-state index contributed by atoms with van der Waals surface area (Å²) in [5.74, 6) is -0.287. The fourth-order valence-corrected chi connectivity index (χ4v) is 3.19. The first-order valence-electron chi connectivity index (χ1n) is 8.48. The van der Waals surface area contributed by atoms with E-state index in [1.807, 2.05) is 0 Å². The molecule has 1 atom stereocenters. The molecule has 0 saturated heterocycles. The molecule has 0 aliphatic carbocycles. The van der Waals surface area contributed by atoms with Crippen LogP contribution in [0.4, 0.5) is 23.2 Å². The molecule has 0 saturated carbocycles. The highest BCUT2D eigenvalue weighted by atomic mass is 19.4. The maximum absolute atomic E-state index is 13.2. The van der Waals surface area contributed by atoms with E-state index in [1.54, 1.807) is 12.1 Å². The van der Waals surface area contributed by atoms with E-state index < -0.39 is 24.0 Å². The molecule has 1 aromatic heterocycles. The Hall–Kier alpha value is -2.48. The summed E-state index contributed by atoms with van der Waals surface area (Å²) in [7, 11) is 0. The first-order valence-corrected chi connectivity index (χ1v) is 8.48. The second-order valence-electron chi connectivity index (χ2n) is 6.48. The molecular formula is C19H18F4N2O2. The second kappa shape index (κ2) is 7.26. The van der Waals surface area contributed by atoms with E-state index in [0.29, 0.717) is 42.6 Å². The standard InChI is InChI=1S/C19H18F4N2O2/c20-12-18(27,19(21,22)23)15-4-5-16-14(11-15)3-1-2-10-25(16)17(26)13-6-8-24-9-7-13/h4-9,11,27H,1-3,10,12H2.